The molecule has 4 rings (SSSR count). The van der Waals surface area contributed by atoms with Crippen LogP contribution < -0.4 is 10.6 Å². The summed E-state index contributed by atoms with van der Waals surface area (Å²) < 4.78 is 15.0. The van der Waals surface area contributed by atoms with Crippen LogP contribution in [-0.4, -0.2) is 45.3 Å². The number of imidazole rings is 1. The number of rotatable bonds is 5. The molecular formula is C18H23Cl2FN6O. The number of benzene rings is 1. The van der Waals surface area contributed by atoms with Gasteiger partial charge in [-0.15, -0.1) is 24.8 Å². The maximum Gasteiger partial charge on any atom is 0.225 e. The maximum atomic E-state index is 13.2. The normalized spacial score (nSPS) is 18.5. The molecule has 1 fully saturated rings. The monoisotopic (exact) mass is 428 g/mol. The number of carbonyl (C=O) groups excluding carboxylic acids is 1. The van der Waals surface area contributed by atoms with Gasteiger partial charge in [-0.3, -0.25) is 9.48 Å². The molecule has 28 heavy (non-hydrogen) atoms. The minimum atomic E-state index is -0.295. The van der Waals surface area contributed by atoms with Crippen LogP contribution in [0, 0.1) is 11.7 Å². The van der Waals surface area contributed by atoms with Crippen LogP contribution in [0.5, 0.6) is 0 Å². The van der Waals surface area contributed by atoms with Crippen LogP contribution in [0.15, 0.2) is 30.6 Å². The van der Waals surface area contributed by atoms with E-state index in [1.165, 1.54) is 12.1 Å². The molecule has 7 nitrogen and oxygen atoms in total. The molecule has 3 heterocycles. The largest absolute Gasteiger partial charge is 0.355 e. The minimum absolute atomic E-state index is 0. The molecule has 1 aliphatic heterocycles. The summed E-state index contributed by atoms with van der Waals surface area (Å²) in [4.78, 5) is 20.1. The Labute approximate surface area is 174 Å². The molecule has 2 atom stereocenters. The van der Waals surface area contributed by atoms with Gasteiger partial charge in [0, 0.05) is 45.2 Å². The van der Waals surface area contributed by atoms with Gasteiger partial charge in [0.05, 0.1) is 23.1 Å². The van der Waals surface area contributed by atoms with E-state index in [4.69, 9.17) is 0 Å². The molecule has 2 aromatic heterocycles. The quantitative estimate of drug-likeness (QED) is 0.579. The second-order valence-electron chi connectivity index (χ2n) is 6.70. The number of nitrogens with one attached hydrogen (secondary N) is 3. The topological polar surface area (TPSA) is 87.6 Å². The fourth-order valence-corrected chi connectivity index (χ4v) is 3.52. The number of aromatic amines is 1. The van der Waals surface area contributed by atoms with E-state index in [2.05, 4.69) is 25.7 Å². The van der Waals surface area contributed by atoms with E-state index in [-0.39, 0.29) is 48.4 Å². The van der Waals surface area contributed by atoms with Crippen LogP contribution in [0.2, 0.25) is 0 Å². The third-order valence-corrected chi connectivity index (χ3v) is 4.86. The van der Waals surface area contributed by atoms with E-state index in [9.17, 15) is 9.18 Å². The van der Waals surface area contributed by atoms with Gasteiger partial charge in [0.15, 0.2) is 0 Å². The van der Waals surface area contributed by atoms with Crippen molar-refractivity contribution in [1.29, 1.82) is 0 Å². The highest BCUT2D eigenvalue weighted by atomic mass is 35.5. The van der Waals surface area contributed by atoms with Crippen molar-refractivity contribution < 1.29 is 9.18 Å². The summed E-state index contributed by atoms with van der Waals surface area (Å²) in [7, 11) is 1.88. The number of nitrogens with zero attached hydrogens (tertiary/aromatic N) is 3. The summed E-state index contributed by atoms with van der Waals surface area (Å²) in [6, 6.07) is 4.46. The van der Waals surface area contributed by atoms with Crippen molar-refractivity contribution in [3.05, 3.63) is 47.8 Å². The third-order valence-electron chi connectivity index (χ3n) is 4.86. The summed E-state index contributed by atoms with van der Waals surface area (Å²) >= 11 is 0. The standard InChI is InChI=1S/C18H21FN6O.2ClH/c1-25-10-11(7-22-25)13-8-20-9-14(13)18(26)21-5-4-17-23-15-3-2-12(19)6-16(15)24-17;;/h2-3,6-7,10,13-14,20H,4-5,8-9H2,1H3,(H,21,26)(H,23,24);2*1H/t13-,14+;;/m1../s1. The van der Waals surface area contributed by atoms with Crippen LogP contribution in [0.3, 0.4) is 0 Å². The Morgan fingerprint density at radius 3 is 2.93 bits per heavy atom. The molecule has 0 spiro atoms. The van der Waals surface area contributed by atoms with E-state index in [1.807, 2.05) is 19.4 Å². The molecule has 1 aliphatic rings. The van der Waals surface area contributed by atoms with Crippen LogP contribution in [0.25, 0.3) is 11.0 Å². The zero-order valence-corrected chi connectivity index (χ0v) is 16.9. The van der Waals surface area contributed by atoms with Crippen LogP contribution in [0.1, 0.15) is 17.3 Å². The molecule has 0 unspecified atom stereocenters. The summed E-state index contributed by atoms with van der Waals surface area (Å²) in [5.74, 6) is 0.503. The highest BCUT2D eigenvalue weighted by molar-refractivity contribution is 5.85. The molecule has 3 aromatic rings. The fraction of sp³-hybridized carbons (Fsp3) is 0.389. The van der Waals surface area contributed by atoms with Crippen molar-refractivity contribution in [1.82, 2.24) is 30.4 Å². The number of aryl methyl sites for hydroxylation is 1. The van der Waals surface area contributed by atoms with Gasteiger partial charge in [0.2, 0.25) is 5.91 Å². The van der Waals surface area contributed by atoms with Gasteiger partial charge in [-0.25, -0.2) is 9.37 Å². The number of halogens is 3. The van der Waals surface area contributed by atoms with Crippen molar-refractivity contribution in [3.8, 4) is 0 Å². The summed E-state index contributed by atoms with van der Waals surface area (Å²) in [6.07, 6.45) is 4.36. The van der Waals surface area contributed by atoms with Crippen molar-refractivity contribution in [2.45, 2.75) is 12.3 Å². The lowest BCUT2D eigenvalue weighted by Gasteiger charge is -2.16. The number of H-pyrrole nitrogens is 1. The second-order valence-corrected chi connectivity index (χ2v) is 6.70. The number of fused-ring (bicyclic) bond motifs is 1. The average molecular weight is 429 g/mol. The zero-order valence-electron chi connectivity index (χ0n) is 15.3. The summed E-state index contributed by atoms with van der Waals surface area (Å²) in [6.45, 7) is 1.92. The van der Waals surface area contributed by atoms with Gasteiger partial charge in [-0.2, -0.15) is 5.10 Å². The molecule has 152 valence electrons. The lowest BCUT2D eigenvalue weighted by atomic mass is 9.90. The number of aromatic nitrogens is 4. The van der Waals surface area contributed by atoms with Gasteiger partial charge in [0.25, 0.3) is 0 Å². The van der Waals surface area contributed by atoms with Gasteiger partial charge >= 0.3 is 0 Å². The first-order chi connectivity index (χ1) is 12.6. The summed E-state index contributed by atoms with van der Waals surface area (Å²) in [5.41, 5.74) is 2.48. The molecule has 10 heteroatoms. The lowest BCUT2D eigenvalue weighted by Crippen LogP contribution is -2.35. The number of hydrogen-bond acceptors (Lipinski definition) is 4. The molecule has 1 aromatic carbocycles. The van der Waals surface area contributed by atoms with Gasteiger partial charge in [-0.1, -0.05) is 0 Å². The number of carbonyl (C=O) groups is 1. The van der Waals surface area contributed by atoms with Crippen LogP contribution >= 0.6 is 24.8 Å². The first kappa shape index (κ1) is 22.1. The van der Waals surface area contributed by atoms with Crippen molar-refractivity contribution >= 4 is 41.8 Å². The van der Waals surface area contributed by atoms with E-state index in [0.29, 0.717) is 25.0 Å². The molecule has 0 saturated carbocycles. The Hall–Kier alpha value is -2.16. The maximum absolute atomic E-state index is 13.2. The highest BCUT2D eigenvalue weighted by Gasteiger charge is 2.34. The highest BCUT2D eigenvalue weighted by Crippen LogP contribution is 2.27. The van der Waals surface area contributed by atoms with E-state index in [1.54, 1.807) is 10.7 Å². The van der Waals surface area contributed by atoms with Crippen LogP contribution in [-0.2, 0) is 18.3 Å². The smallest absolute Gasteiger partial charge is 0.225 e. The fourth-order valence-electron chi connectivity index (χ4n) is 3.52. The Morgan fingerprint density at radius 2 is 2.18 bits per heavy atom. The predicted octanol–water partition coefficient (Wildman–Crippen LogP) is 1.94. The number of amides is 1. The molecule has 0 bridgehead atoms. The van der Waals surface area contributed by atoms with Crippen molar-refractivity contribution in [2.75, 3.05) is 19.6 Å². The van der Waals surface area contributed by atoms with Crippen LogP contribution in [0.4, 0.5) is 4.39 Å². The molecule has 0 aliphatic carbocycles. The van der Waals surface area contributed by atoms with Crippen molar-refractivity contribution in [2.24, 2.45) is 13.0 Å². The van der Waals surface area contributed by atoms with Gasteiger partial charge in [-0.05, 0) is 23.8 Å². The molecular weight excluding hydrogens is 406 g/mol. The predicted molar refractivity (Wildman–Crippen MR) is 110 cm³/mol. The Kier molecular flexibility index (Phi) is 7.40. The van der Waals surface area contributed by atoms with E-state index in [0.717, 1.165) is 23.4 Å². The molecule has 0 radical (unpaired) electrons. The number of hydrogen-bond donors (Lipinski definition) is 3. The first-order valence-electron chi connectivity index (χ1n) is 8.71. The summed E-state index contributed by atoms with van der Waals surface area (Å²) in [5, 5.41) is 10.5. The Morgan fingerprint density at radius 1 is 1.36 bits per heavy atom. The Balaban J connectivity index is 0.00000140. The second kappa shape index (κ2) is 9.36. The van der Waals surface area contributed by atoms with Gasteiger partial charge in [0.1, 0.15) is 11.6 Å². The first-order valence-corrected chi connectivity index (χ1v) is 8.71. The Bertz CT molecular complexity index is 943. The third kappa shape index (κ3) is 4.63. The molecule has 1 saturated heterocycles. The van der Waals surface area contributed by atoms with E-state index < -0.39 is 0 Å². The molecule has 1 amide bonds. The molecule has 3 N–H and O–H groups in total. The average Bonchev–Trinajstić information content (AvgIpc) is 3.32. The lowest BCUT2D eigenvalue weighted by molar-refractivity contribution is -0.124. The van der Waals surface area contributed by atoms with E-state index >= 15 is 0 Å². The SMILES string of the molecule is Cl.Cl.Cn1cc([C@H]2CNC[C@@H]2C(=O)NCCc2nc3ccc(F)cc3[nH]2)cn1. The van der Waals surface area contributed by atoms with Crippen molar-refractivity contribution in [3.63, 3.8) is 0 Å². The minimum Gasteiger partial charge on any atom is -0.355 e. The zero-order chi connectivity index (χ0) is 18.1. The van der Waals surface area contributed by atoms with Gasteiger partial charge < -0.3 is 15.6 Å².